The Labute approximate surface area is 331 Å². The van der Waals surface area contributed by atoms with E-state index >= 15 is 0 Å². The van der Waals surface area contributed by atoms with Crippen LogP contribution in [0.25, 0.3) is 0 Å². The molecule has 54 heavy (non-hydrogen) atoms. The van der Waals surface area contributed by atoms with Crippen molar-refractivity contribution in [1.29, 1.82) is 0 Å². The molecule has 2 unspecified atom stereocenters. The largest absolute Gasteiger partial charge is 0.477 e. The fourth-order valence-electron chi connectivity index (χ4n) is 6.10. The Bertz CT molecular complexity index is 1030. The molecule has 0 aliphatic carbocycles. The Morgan fingerprint density at radius 3 is 1.59 bits per heavy atom. The number of quaternary nitrogens is 1. The van der Waals surface area contributed by atoms with E-state index in [0.717, 1.165) is 64.2 Å². The minimum Gasteiger partial charge on any atom is -0.477 e. The molecule has 0 rings (SSSR count). The number of nitrogens with zero attached hydrogens (tertiary/aromatic N) is 1. The maximum absolute atomic E-state index is 12.7. The minimum absolute atomic E-state index is 0.0423. The molecule has 8 heteroatoms. The summed E-state index contributed by atoms with van der Waals surface area (Å²) in [6, 6.07) is -0.623. The van der Waals surface area contributed by atoms with Crippen molar-refractivity contribution in [3.05, 3.63) is 48.6 Å². The molecule has 0 fully saturated rings. The summed E-state index contributed by atoms with van der Waals surface area (Å²) in [4.78, 5) is 36.9. The third kappa shape index (κ3) is 35.0. The highest BCUT2D eigenvalue weighted by Crippen LogP contribution is 2.13. The lowest BCUT2D eigenvalue weighted by molar-refractivity contribution is -0.887. The van der Waals surface area contributed by atoms with E-state index in [4.69, 9.17) is 14.2 Å². The standard InChI is InChI=1S/C46H81NO7/c1-6-8-10-12-14-16-18-20-21-22-23-24-25-27-28-30-32-34-36-44(48)53-41-42(40-52-39-38-43(46(50)51)47(3,4)5)54-45(49)37-35-33-31-29-26-19-17-15-13-11-9-7-2/h9,11,15,17,23-24,26,29,42-43H,6-8,10,12-14,16,18-22,25,27-28,30-41H2,1-5H3/p+1/b11-9+,17-15+,24-23+,29-26+. The average molecular weight is 761 g/mol. The number of carboxylic acid groups (broad SMARTS) is 1. The molecule has 0 saturated heterocycles. The van der Waals surface area contributed by atoms with Gasteiger partial charge in [-0.3, -0.25) is 9.59 Å². The van der Waals surface area contributed by atoms with Crippen LogP contribution in [0.1, 0.15) is 174 Å². The van der Waals surface area contributed by atoms with E-state index in [0.29, 0.717) is 19.3 Å². The summed E-state index contributed by atoms with van der Waals surface area (Å²) in [6.07, 6.45) is 43.1. The van der Waals surface area contributed by atoms with Crippen LogP contribution in [0.15, 0.2) is 48.6 Å². The molecule has 0 heterocycles. The Morgan fingerprint density at radius 2 is 1.04 bits per heavy atom. The maximum Gasteiger partial charge on any atom is 0.362 e. The molecular formula is C46H82NO7+. The van der Waals surface area contributed by atoms with Gasteiger partial charge in [0.25, 0.3) is 0 Å². The molecule has 2 atom stereocenters. The SMILES string of the molecule is CC/C=C/C/C=C/C/C=C/CCCCC(=O)OC(COCCC(C(=O)O)[N+](C)(C)C)COC(=O)CCCCCCC/C=C/CCCCCCCCCCC. The van der Waals surface area contributed by atoms with E-state index in [1.54, 1.807) is 0 Å². The van der Waals surface area contributed by atoms with E-state index in [1.807, 2.05) is 21.1 Å². The Balaban J connectivity index is 4.37. The molecule has 312 valence electrons. The van der Waals surface area contributed by atoms with Crippen LogP contribution in [-0.4, -0.2) is 80.6 Å². The number of hydrogen-bond donors (Lipinski definition) is 1. The highest BCUT2D eigenvalue weighted by Gasteiger charge is 2.31. The Hall–Kier alpha value is -2.71. The number of carbonyl (C=O) groups excluding carboxylic acids is 2. The maximum atomic E-state index is 12.7. The first-order valence-electron chi connectivity index (χ1n) is 21.7. The fraction of sp³-hybridized carbons (Fsp3) is 0.761. The van der Waals surface area contributed by atoms with Gasteiger partial charge in [0.15, 0.2) is 12.1 Å². The summed E-state index contributed by atoms with van der Waals surface area (Å²) in [6.45, 7) is 4.56. The molecule has 0 aromatic carbocycles. The van der Waals surface area contributed by atoms with Gasteiger partial charge in [0.05, 0.1) is 34.4 Å². The first kappa shape index (κ1) is 51.3. The predicted molar refractivity (Wildman–Crippen MR) is 224 cm³/mol. The molecule has 1 N–H and O–H groups in total. The highest BCUT2D eigenvalue weighted by molar-refractivity contribution is 5.72. The van der Waals surface area contributed by atoms with Crippen LogP contribution in [0, 0.1) is 0 Å². The van der Waals surface area contributed by atoms with Crippen molar-refractivity contribution in [2.45, 2.75) is 187 Å². The summed E-state index contributed by atoms with van der Waals surface area (Å²) < 4.78 is 17.2. The number of unbranched alkanes of at least 4 members (excludes halogenated alkanes) is 16. The van der Waals surface area contributed by atoms with Crippen LogP contribution >= 0.6 is 0 Å². The second-order valence-corrected chi connectivity index (χ2v) is 15.6. The van der Waals surface area contributed by atoms with Crippen LogP contribution in [0.3, 0.4) is 0 Å². The summed E-state index contributed by atoms with van der Waals surface area (Å²) in [5.74, 6) is -1.53. The van der Waals surface area contributed by atoms with Gasteiger partial charge in [0.1, 0.15) is 6.61 Å². The van der Waals surface area contributed by atoms with E-state index in [9.17, 15) is 19.5 Å². The van der Waals surface area contributed by atoms with Gasteiger partial charge in [-0.1, -0.05) is 133 Å². The molecule has 0 aromatic heterocycles. The van der Waals surface area contributed by atoms with Gasteiger partial charge in [0, 0.05) is 19.3 Å². The monoisotopic (exact) mass is 761 g/mol. The summed E-state index contributed by atoms with van der Waals surface area (Å²) in [5.41, 5.74) is 0. The number of ether oxygens (including phenoxy) is 3. The molecule has 0 aliphatic heterocycles. The first-order valence-corrected chi connectivity index (χ1v) is 21.7. The lowest BCUT2D eigenvalue weighted by atomic mass is 10.1. The van der Waals surface area contributed by atoms with Gasteiger partial charge in [0.2, 0.25) is 0 Å². The fourth-order valence-corrected chi connectivity index (χ4v) is 6.10. The zero-order valence-corrected chi connectivity index (χ0v) is 35.4. The van der Waals surface area contributed by atoms with Gasteiger partial charge in [-0.2, -0.15) is 0 Å². The molecular weight excluding hydrogens is 679 g/mol. The van der Waals surface area contributed by atoms with Crippen LogP contribution in [0.2, 0.25) is 0 Å². The summed E-state index contributed by atoms with van der Waals surface area (Å²) in [5, 5.41) is 9.60. The molecule has 0 saturated carbocycles. The average Bonchev–Trinajstić information content (AvgIpc) is 3.12. The molecule has 0 spiro atoms. The van der Waals surface area contributed by atoms with Crippen LogP contribution in [-0.2, 0) is 28.6 Å². The van der Waals surface area contributed by atoms with Crippen molar-refractivity contribution >= 4 is 17.9 Å². The number of carboxylic acids is 1. The quantitative estimate of drug-likeness (QED) is 0.0289. The van der Waals surface area contributed by atoms with Crippen molar-refractivity contribution in [3.8, 4) is 0 Å². The smallest absolute Gasteiger partial charge is 0.362 e. The number of aliphatic carboxylic acids is 1. The normalized spacial score (nSPS) is 13.4. The molecule has 0 aliphatic rings. The zero-order valence-electron chi connectivity index (χ0n) is 35.4. The molecule has 8 nitrogen and oxygen atoms in total. The number of rotatable bonds is 38. The van der Waals surface area contributed by atoms with Crippen molar-refractivity contribution < 1.29 is 38.2 Å². The molecule has 0 aromatic rings. The Morgan fingerprint density at radius 1 is 0.574 bits per heavy atom. The predicted octanol–water partition coefficient (Wildman–Crippen LogP) is 11.6. The third-order valence-corrected chi connectivity index (χ3v) is 9.46. The summed E-state index contributed by atoms with van der Waals surface area (Å²) in [7, 11) is 5.50. The number of allylic oxidation sites excluding steroid dienone is 8. The lowest BCUT2D eigenvalue weighted by Crippen LogP contribution is -2.50. The second-order valence-electron chi connectivity index (χ2n) is 15.6. The van der Waals surface area contributed by atoms with E-state index < -0.39 is 18.1 Å². The van der Waals surface area contributed by atoms with E-state index in [-0.39, 0.29) is 42.7 Å². The number of carbonyl (C=O) groups is 3. The molecule has 0 radical (unpaired) electrons. The van der Waals surface area contributed by atoms with Crippen LogP contribution < -0.4 is 0 Å². The highest BCUT2D eigenvalue weighted by atomic mass is 16.6. The first-order chi connectivity index (χ1) is 26.1. The van der Waals surface area contributed by atoms with Crippen molar-refractivity contribution in [3.63, 3.8) is 0 Å². The van der Waals surface area contributed by atoms with Crippen molar-refractivity contribution in [2.24, 2.45) is 0 Å². The van der Waals surface area contributed by atoms with Gasteiger partial charge in [-0.15, -0.1) is 0 Å². The number of hydrogen-bond acceptors (Lipinski definition) is 6. The van der Waals surface area contributed by atoms with E-state index in [2.05, 4.69) is 62.5 Å². The second kappa shape index (κ2) is 37.2. The van der Waals surface area contributed by atoms with Crippen molar-refractivity contribution in [1.82, 2.24) is 0 Å². The van der Waals surface area contributed by atoms with Crippen LogP contribution in [0.5, 0.6) is 0 Å². The zero-order chi connectivity index (χ0) is 40.0. The number of likely N-dealkylation sites (N-methyl/N-ethyl adjacent to an activating group) is 1. The van der Waals surface area contributed by atoms with Gasteiger partial charge >= 0.3 is 17.9 Å². The van der Waals surface area contributed by atoms with Gasteiger partial charge in [-0.25, -0.2) is 4.79 Å². The lowest BCUT2D eigenvalue weighted by Gasteiger charge is -2.31. The van der Waals surface area contributed by atoms with E-state index in [1.165, 1.54) is 70.6 Å². The van der Waals surface area contributed by atoms with Crippen molar-refractivity contribution in [2.75, 3.05) is 41.0 Å². The Kier molecular flexibility index (Phi) is 35.4. The van der Waals surface area contributed by atoms with Crippen LogP contribution in [0.4, 0.5) is 0 Å². The topological polar surface area (TPSA) is 99.1 Å². The molecule has 0 bridgehead atoms. The minimum atomic E-state index is -0.884. The van der Waals surface area contributed by atoms with Gasteiger partial charge in [-0.05, 0) is 70.6 Å². The summed E-state index contributed by atoms with van der Waals surface area (Å²) >= 11 is 0. The number of esters is 2. The molecule has 0 amide bonds. The third-order valence-electron chi connectivity index (χ3n) is 9.46. The van der Waals surface area contributed by atoms with Gasteiger partial charge < -0.3 is 23.8 Å².